The van der Waals surface area contributed by atoms with Crippen LogP contribution in [0, 0.1) is 0 Å². The topological polar surface area (TPSA) is 98.7 Å². The number of hydrogen-bond donors (Lipinski definition) is 0. The predicted octanol–water partition coefficient (Wildman–Crippen LogP) is -4.79. The molecule has 0 aliphatic rings. The minimum absolute atomic E-state index is 0. The summed E-state index contributed by atoms with van der Waals surface area (Å²) in [5.74, 6) is -2.59. The molecule has 0 aromatic heterocycles. The van der Waals surface area contributed by atoms with Crippen molar-refractivity contribution in [2.45, 2.75) is 83.7 Å². The second-order valence-corrected chi connectivity index (χ2v) is 6.16. The third kappa shape index (κ3) is 24.9. The predicted molar refractivity (Wildman–Crippen MR) is 87.0 cm³/mol. The van der Waals surface area contributed by atoms with Gasteiger partial charge in [0.2, 0.25) is 0 Å². The molecule has 8 heteroatoms. The van der Waals surface area contributed by atoms with Gasteiger partial charge in [-0.15, -0.1) is 0 Å². The van der Waals surface area contributed by atoms with E-state index in [1.165, 1.54) is 44.9 Å². The van der Waals surface area contributed by atoms with Gasteiger partial charge in [-0.3, -0.25) is 0 Å². The molecule has 142 valence electrons. The summed E-state index contributed by atoms with van der Waals surface area (Å²) in [5.41, 5.74) is 0. The van der Waals surface area contributed by atoms with Crippen LogP contribution in [0.5, 0.6) is 0 Å². The molecular weight excluding hydrogens is 358 g/mol. The van der Waals surface area contributed by atoms with Crippen LogP contribution < -0.4 is 69.3 Å². The number of carbonyl (C=O) groups excluding carboxylic acids is 2. The molecule has 0 aliphatic carbocycles. The summed E-state index contributed by atoms with van der Waals surface area (Å²) in [5, 5.41) is 20.8. The van der Waals surface area contributed by atoms with Gasteiger partial charge in [-0.25, -0.2) is 0 Å². The molecule has 1 unspecified atom stereocenters. The van der Waals surface area contributed by atoms with Crippen molar-refractivity contribution in [3.05, 3.63) is 0 Å². The molecule has 0 spiro atoms. The molecule has 0 aromatic carbocycles. The van der Waals surface area contributed by atoms with Crippen molar-refractivity contribution >= 4 is 11.9 Å². The number of ether oxygens (including phenoxy) is 2. The Morgan fingerprint density at radius 2 is 1.23 bits per heavy atom. The van der Waals surface area contributed by atoms with Crippen LogP contribution in [-0.2, 0) is 19.1 Å². The van der Waals surface area contributed by atoms with E-state index in [0.29, 0.717) is 6.42 Å². The summed E-state index contributed by atoms with van der Waals surface area (Å²) in [7, 11) is 0. The van der Waals surface area contributed by atoms with Gasteiger partial charge < -0.3 is 29.3 Å². The zero-order chi connectivity index (χ0) is 18.0. The first-order chi connectivity index (χ1) is 11.6. The molecule has 26 heavy (non-hydrogen) atoms. The molecule has 0 aliphatic heterocycles. The Hall–Kier alpha value is 0.860. The first kappa shape index (κ1) is 31.6. The molecule has 0 N–H and O–H groups in total. The summed E-state index contributed by atoms with van der Waals surface area (Å²) >= 11 is 0. The summed E-state index contributed by atoms with van der Waals surface area (Å²) in [4.78, 5) is 20.8. The fraction of sp³-hybridized carbons (Fsp3) is 0.889. The van der Waals surface area contributed by atoms with Gasteiger partial charge >= 0.3 is 59.1 Å². The van der Waals surface area contributed by atoms with Crippen LogP contribution in [0.15, 0.2) is 0 Å². The van der Waals surface area contributed by atoms with E-state index in [-0.39, 0.29) is 65.7 Å². The van der Waals surface area contributed by atoms with E-state index in [9.17, 15) is 19.8 Å². The summed E-state index contributed by atoms with van der Waals surface area (Å²) in [6, 6.07) is 0. The van der Waals surface area contributed by atoms with Crippen LogP contribution in [0.4, 0.5) is 0 Å². The molecule has 0 saturated heterocycles. The molecule has 0 saturated carbocycles. The van der Waals surface area contributed by atoms with Crippen molar-refractivity contribution in [3.63, 3.8) is 0 Å². The summed E-state index contributed by atoms with van der Waals surface area (Å²) < 4.78 is 10.1. The molecule has 0 fully saturated rings. The number of carboxylic acid groups (broad SMARTS) is 2. The molecule has 0 rings (SSSR count). The minimum Gasteiger partial charge on any atom is -0.548 e. The Balaban J connectivity index is -0.00000264. The third-order valence-corrected chi connectivity index (χ3v) is 3.84. The fourth-order valence-corrected chi connectivity index (χ4v) is 2.53. The average molecular weight is 390 g/mol. The monoisotopic (exact) mass is 390 g/mol. The van der Waals surface area contributed by atoms with Crippen LogP contribution in [0.2, 0.25) is 0 Å². The van der Waals surface area contributed by atoms with Crippen molar-refractivity contribution < 1.29 is 88.4 Å². The Labute approximate surface area is 202 Å². The molecule has 0 amide bonds. The van der Waals surface area contributed by atoms with E-state index in [0.717, 1.165) is 19.3 Å². The van der Waals surface area contributed by atoms with Crippen molar-refractivity contribution in [3.8, 4) is 0 Å². The van der Waals surface area contributed by atoms with E-state index < -0.39 is 31.3 Å². The van der Waals surface area contributed by atoms with Gasteiger partial charge in [-0.2, -0.15) is 0 Å². The number of aliphatic carboxylic acids is 2. The summed E-state index contributed by atoms with van der Waals surface area (Å²) in [6.45, 7) is 1.26. The van der Waals surface area contributed by atoms with Crippen molar-refractivity contribution in [1.82, 2.24) is 0 Å². The number of unbranched alkanes of at least 4 members (excludes halogenated alkanes) is 9. The second kappa shape index (κ2) is 23.9. The molecule has 1 atom stereocenters. The largest absolute Gasteiger partial charge is 1.00 e. The van der Waals surface area contributed by atoms with Gasteiger partial charge in [0.15, 0.2) is 0 Å². The molecular formula is C18H32Na2O6. The number of hydrogen-bond acceptors (Lipinski definition) is 6. The summed E-state index contributed by atoms with van der Waals surface area (Å²) in [6.07, 6.45) is 12.4. The van der Waals surface area contributed by atoms with Crippen molar-refractivity contribution in [1.29, 1.82) is 0 Å². The SMILES string of the molecule is CCCCCCCCCCCCC(COCC(=O)[O-])OCC(=O)[O-].[Na+].[Na+]. The Kier molecular flexibility index (Phi) is 29.0. The van der Waals surface area contributed by atoms with Crippen molar-refractivity contribution in [2.75, 3.05) is 19.8 Å². The van der Waals surface area contributed by atoms with Crippen LogP contribution in [0.1, 0.15) is 77.6 Å². The van der Waals surface area contributed by atoms with E-state index in [1.807, 2.05) is 0 Å². The quantitative estimate of drug-likeness (QED) is 0.172. The number of rotatable bonds is 18. The van der Waals surface area contributed by atoms with E-state index >= 15 is 0 Å². The smallest absolute Gasteiger partial charge is 0.548 e. The molecule has 0 heterocycles. The van der Waals surface area contributed by atoms with Gasteiger partial charge in [-0.1, -0.05) is 71.1 Å². The van der Waals surface area contributed by atoms with E-state index in [1.54, 1.807) is 0 Å². The maximum atomic E-state index is 10.4. The van der Waals surface area contributed by atoms with Crippen LogP contribution >= 0.6 is 0 Å². The molecule has 0 aromatic rings. The van der Waals surface area contributed by atoms with Gasteiger partial charge in [0.25, 0.3) is 0 Å². The van der Waals surface area contributed by atoms with Gasteiger partial charge in [-0.05, 0) is 6.42 Å². The van der Waals surface area contributed by atoms with Gasteiger partial charge in [0, 0.05) is 0 Å². The van der Waals surface area contributed by atoms with Gasteiger partial charge in [0.05, 0.1) is 37.9 Å². The minimum atomic E-state index is -1.30. The van der Waals surface area contributed by atoms with Crippen LogP contribution in [-0.4, -0.2) is 37.9 Å². The zero-order valence-corrected chi connectivity index (χ0v) is 20.9. The molecule has 6 nitrogen and oxygen atoms in total. The van der Waals surface area contributed by atoms with E-state index in [4.69, 9.17) is 9.47 Å². The fourth-order valence-electron chi connectivity index (χ4n) is 2.53. The Morgan fingerprint density at radius 1 is 0.769 bits per heavy atom. The third-order valence-electron chi connectivity index (χ3n) is 3.84. The zero-order valence-electron chi connectivity index (χ0n) is 16.9. The molecule has 0 radical (unpaired) electrons. The van der Waals surface area contributed by atoms with Crippen LogP contribution in [0.25, 0.3) is 0 Å². The average Bonchev–Trinajstić information content (AvgIpc) is 2.53. The van der Waals surface area contributed by atoms with Gasteiger partial charge in [0.1, 0.15) is 0 Å². The normalized spacial score (nSPS) is 11.3. The second-order valence-electron chi connectivity index (χ2n) is 6.16. The Morgan fingerprint density at radius 3 is 1.69 bits per heavy atom. The first-order valence-corrected chi connectivity index (χ1v) is 9.15. The van der Waals surface area contributed by atoms with Crippen LogP contribution in [0.3, 0.4) is 0 Å². The first-order valence-electron chi connectivity index (χ1n) is 9.15. The maximum Gasteiger partial charge on any atom is 1.00 e. The number of carbonyl (C=O) groups is 2. The molecule has 0 bridgehead atoms. The van der Waals surface area contributed by atoms with E-state index in [2.05, 4.69) is 6.92 Å². The van der Waals surface area contributed by atoms with Crippen molar-refractivity contribution in [2.24, 2.45) is 0 Å². The number of carboxylic acids is 2. The maximum absolute atomic E-state index is 10.4. The Bertz CT molecular complexity index is 329. The standard InChI is InChI=1S/C18H34O6.2Na/c1-2-3-4-5-6-7-8-9-10-11-12-16(24-15-18(21)22)13-23-14-17(19)20;;/h16H,2-15H2,1H3,(H,19,20)(H,21,22);;/q;2*+1/p-2.